The quantitative estimate of drug-likeness (QED) is 0.600. The molecular formula is C19H37NO4. The van der Waals surface area contributed by atoms with Gasteiger partial charge in [0.2, 0.25) is 0 Å². The Morgan fingerprint density at radius 2 is 1.25 bits per heavy atom. The first-order valence-corrected chi connectivity index (χ1v) is 8.78. The lowest BCUT2D eigenvalue weighted by atomic mass is 9.69. The predicted molar refractivity (Wildman–Crippen MR) is 96.7 cm³/mol. The van der Waals surface area contributed by atoms with Crippen LogP contribution in [0.25, 0.3) is 0 Å². The van der Waals surface area contributed by atoms with Gasteiger partial charge in [0.1, 0.15) is 13.2 Å². The van der Waals surface area contributed by atoms with E-state index in [9.17, 15) is 9.59 Å². The lowest BCUT2D eigenvalue weighted by Crippen LogP contribution is -2.40. The van der Waals surface area contributed by atoms with Crippen molar-refractivity contribution in [2.45, 2.75) is 61.8 Å². The van der Waals surface area contributed by atoms with E-state index in [-0.39, 0.29) is 17.4 Å². The van der Waals surface area contributed by atoms with Crippen LogP contribution in [-0.2, 0) is 19.1 Å². The van der Waals surface area contributed by atoms with Crippen LogP contribution in [0.3, 0.4) is 0 Å². The number of esters is 2. The zero-order valence-corrected chi connectivity index (χ0v) is 17.1. The minimum absolute atomic E-state index is 0.156. The van der Waals surface area contributed by atoms with Crippen LogP contribution in [0.5, 0.6) is 0 Å². The highest BCUT2D eigenvalue weighted by atomic mass is 16.5. The van der Waals surface area contributed by atoms with Gasteiger partial charge >= 0.3 is 11.9 Å². The minimum atomic E-state index is -0.535. The smallest absolute Gasteiger partial charge is 0.312 e. The van der Waals surface area contributed by atoms with Crippen LogP contribution in [0, 0.1) is 16.2 Å². The highest BCUT2D eigenvalue weighted by Gasteiger charge is 2.41. The Kier molecular flexibility index (Phi) is 8.43. The Balaban J connectivity index is 4.10. The van der Waals surface area contributed by atoms with Crippen LogP contribution in [-0.4, -0.2) is 50.2 Å². The summed E-state index contributed by atoms with van der Waals surface area (Å²) in [4.78, 5) is 26.1. The number of carbonyl (C=O) groups excluding carboxylic acids is 2. The standard InChI is InChI=1S/C19H37NO4/c1-10-18(5,6)15(21)23-13-11-20(9)12-14-24-16(22)19(7,8)17(2,3)4/h10-14H2,1-9H3. The summed E-state index contributed by atoms with van der Waals surface area (Å²) in [7, 11) is 1.92. The molecule has 0 aliphatic rings. The maximum atomic E-state index is 12.2. The summed E-state index contributed by atoms with van der Waals surface area (Å²) in [6.45, 7) is 17.6. The summed E-state index contributed by atoms with van der Waals surface area (Å²) >= 11 is 0. The van der Waals surface area contributed by atoms with Crippen molar-refractivity contribution in [1.82, 2.24) is 4.90 Å². The van der Waals surface area contributed by atoms with Crippen molar-refractivity contribution in [3.63, 3.8) is 0 Å². The maximum absolute atomic E-state index is 12.2. The van der Waals surface area contributed by atoms with Crippen LogP contribution in [0.15, 0.2) is 0 Å². The Bertz CT molecular complexity index is 422. The van der Waals surface area contributed by atoms with Crippen molar-refractivity contribution in [3.05, 3.63) is 0 Å². The molecule has 0 aromatic carbocycles. The molecule has 0 bridgehead atoms. The van der Waals surface area contributed by atoms with E-state index in [4.69, 9.17) is 9.47 Å². The Morgan fingerprint density at radius 3 is 1.62 bits per heavy atom. The topological polar surface area (TPSA) is 55.8 Å². The molecule has 24 heavy (non-hydrogen) atoms. The van der Waals surface area contributed by atoms with Gasteiger partial charge in [-0.15, -0.1) is 0 Å². The largest absolute Gasteiger partial charge is 0.464 e. The van der Waals surface area contributed by atoms with E-state index in [1.165, 1.54) is 0 Å². The lowest BCUT2D eigenvalue weighted by Gasteiger charge is -2.36. The number of carbonyl (C=O) groups is 2. The summed E-state index contributed by atoms with van der Waals surface area (Å²) in [6.07, 6.45) is 0.751. The zero-order valence-electron chi connectivity index (χ0n) is 17.1. The van der Waals surface area contributed by atoms with Crippen molar-refractivity contribution in [1.29, 1.82) is 0 Å². The van der Waals surface area contributed by atoms with E-state index in [1.807, 2.05) is 67.3 Å². The first kappa shape index (κ1) is 22.9. The second-order valence-corrected chi connectivity index (χ2v) is 8.69. The summed E-state index contributed by atoms with van der Waals surface area (Å²) in [5.41, 5.74) is -1.13. The fourth-order valence-corrected chi connectivity index (χ4v) is 1.53. The van der Waals surface area contributed by atoms with Crippen LogP contribution in [0.1, 0.15) is 61.8 Å². The second kappa shape index (κ2) is 8.84. The third-order valence-corrected chi connectivity index (χ3v) is 5.23. The van der Waals surface area contributed by atoms with Gasteiger partial charge in [-0.05, 0) is 46.6 Å². The van der Waals surface area contributed by atoms with Crippen LogP contribution in [0.4, 0.5) is 0 Å². The molecular weight excluding hydrogens is 306 g/mol. The molecule has 5 nitrogen and oxygen atoms in total. The molecule has 0 saturated carbocycles. The molecule has 0 N–H and O–H groups in total. The first-order valence-electron chi connectivity index (χ1n) is 8.78. The number of likely N-dealkylation sites (N-methyl/N-ethyl adjacent to an activating group) is 1. The SMILES string of the molecule is CCC(C)(C)C(=O)OCCN(C)CCOC(=O)C(C)(C)C(C)(C)C. The second-order valence-electron chi connectivity index (χ2n) is 8.69. The Labute approximate surface area is 148 Å². The van der Waals surface area contributed by atoms with Gasteiger partial charge in [0.15, 0.2) is 0 Å². The molecule has 0 unspecified atom stereocenters. The number of nitrogens with zero attached hydrogens (tertiary/aromatic N) is 1. The molecule has 0 aliphatic carbocycles. The molecule has 0 aromatic rings. The average molecular weight is 344 g/mol. The maximum Gasteiger partial charge on any atom is 0.312 e. The van der Waals surface area contributed by atoms with Gasteiger partial charge in [-0.3, -0.25) is 14.5 Å². The summed E-state index contributed by atoms with van der Waals surface area (Å²) in [6, 6.07) is 0. The summed E-state index contributed by atoms with van der Waals surface area (Å²) in [5, 5.41) is 0. The molecule has 0 radical (unpaired) electrons. The van der Waals surface area contributed by atoms with E-state index < -0.39 is 10.8 Å². The molecule has 5 heteroatoms. The molecule has 0 fully saturated rings. The molecule has 0 amide bonds. The fraction of sp³-hybridized carbons (Fsp3) is 0.895. The van der Waals surface area contributed by atoms with Crippen molar-refractivity contribution in [2.75, 3.05) is 33.4 Å². The predicted octanol–water partition coefficient (Wildman–Crippen LogP) is 3.51. The molecule has 0 spiro atoms. The third-order valence-electron chi connectivity index (χ3n) is 5.23. The number of ether oxygens (including phenoxy) is 2. The van der Waals surface area contributed by atoms with Crippen LogP contribution >= 0.6 is 0 Å². The normalized spacial score (nSPS) is 13.1. The van der Waals surface area contributed by atoms with Crippen molar-refractivity contribution in [2.24, 2.45) is 16.2 Å². The minimum Gasteiger partial charge on any atom is -0.464 e. The Morgan fingerprint density at radius 1 is 0.833 bits per heavy atom. The lowest BCUT2D eigenvalue weighted by molar-refractivity contribution is -0.160. The van der Waals surface area contributed by atoms with Gasteiger partial charge in [0, 0.05) is 13.1 Å². The van der Waals surface area contributed by atoms with E-state index in [0.717, 1.165) is 6.42 Å². The summed E-state index contributed by atoms with van der Waals surface area (Å²) in [5.74, 6) is -0.351. The van der Waals surface area contributed by atoms with Gasteiger partial charge in [-0.25, -0.2) is 0 Å². The number of hydrogen-bond donors (Lipinski definition) is 0. The average Bonchev–Trinajstić information content (AvgIpc) is 2.45. The van der Waals surface area contributed by atoms with E-state index in [0.29, 0.717) is 26.3 Å². The highest BCUT2D eigenvalue weighted by Crippen LogP contribution is 2.38. The molecule has 0 aromatic heterocycles. The van der Waals surface area contributed by atoms with E-state index in [2.05, 4.69) is 0 Å². The zero-order chi connectivity index (χ0) is 19.2. The van der Waals surface area contributed by atoms with Gasteiger partial charge in [0.25, 0.3) is 0 Å². The fourth-order valence-electron chi connectivity index (χ4n) is 1.53. The molecule has 142 valence electrons. The highest BCUT2D eigenvalue weighted by molar-refractivity contribution is 5.77. The van der Waals surface area contributed by atoms with Gasteiger partial charge in [-0.1, -0.05) is 27.7 Å². The molecule has 0 aliphatic heterocycles. The van der Waals surface area contributed by atoms with E-state index in [1.54, 1.807) is 0 Å². The van der Waals surface area contributed by atoms with Crippen molar-refractivity contribution >= 4 is 11.9 Å². The monoisotopic (exact) mass is 343 g/mol. The van der Waals surface area contributed by atoms with Crippen molar-refractivity contribution < 1.29 is 19.1 Å². The van der Waals surface area contributed by atoms with Crippen molar-refractivity contribution in [3.8, 4) is 0 Å². The summed E-state index contributed by atoms with van der Waals surface area (Å²) < 4.78 is 10.7. The van der Waals surface area contributed by atoms with Gasteiger partial charge in [-0.2, -0.15) is 0 Å². The number of rotatable bonds is 9. The molecule has 0 rings (SSSR count). The molecule has 0 atom stereocenters. The number of hydrogen-bond acceptors (Lipinski definition) is 5. The van der Waals surface area contributed by atoms with Crippen LogP contribution in [0.2, 0.25) is 0 Å². The first-order chi connectivity index (χ1) is 10.8. The van der Waals surface area contributed by atoms with Gasteiger partial charge in [0.05, 0.1) is 10.8 Å². The van der Waals surface area contributed by atoms with Crippen LogP contribution < -0.4 is 0 Å². The van der Waals surface area contributed by atoms with Gasteiger partial charge < -0.3 is 9.47 Å². The third kappa shape index (κ3) is 6.80. The van der Waals surface area contributed by atoms with E-state index >= 15 is 0 Å². The molecule has 0 heterocycles. The molecule has 0 saturated heterocycles. The Hall–Kier alpha value is -1.10.